The molecule has 0 heterocycles. The lowest BCUT2D eigenvalue weighted by molar-refractivity contribution is -0.0750. The standard InChI is InChI=1S/C8H17F2N/c1-5-8(6-2,11-4)7(3,9)10/h11H,5-6H2,1-4H3. The Morgan fingerprint density at radius 1 is 1.18 bits per heavy atom. The van der Waals surface area contributed by atoms with Gasteiger partial charge in [0.25, 0.3) is 5.92 Å². The van der Waals surface area contributed by atoms with Crippen molar-refractivity contribution in [3.8, 4) is 0 Å². The van der Waals surface area contributed by atoms with Gasteiger partial charge < -0.3 is 5.32 Å². The zero-order valence-electron chi connectivity index (χ0n) is 7.67. The number of hydrogen-bond acceptors (Lipinski definition) is 1. The average molecular weight is 165 g/mol. The van der Waals surface area contributed by atoms with Crippen molar-refractivity contribution in [1.29, 1.82) is 0 Å². The third-order valence-electron chi connectivity index (χ3n) is 2.53. The molecule has 0 aromatic carbocycles. The summed E-state index contributed by atoms with van der Waals surface area (Å²) >= 11 is 0. The molecular formula is C8H17F2N. The van der Waals surface area contributed by atoms with E-state index in [4.69, 9.17) is 0 Å². The van der Waals surface area contributed by atoms with E-state index in [0.29, 0.717) is 12.8 Å². The van der Waals surface area contributed by atoms with Crippen molar-refractivity contribution in [2.75, 3.05) is 7.05 Å². The van der Waals surface area contributed by atoms with Crippen LogP contribution in [0.2, 0.25) is 0 Å². The maximum atomic E-state index is 13.0. The molecule has 68 valence electrons. The second kappa shape index (κ2) is 3.48. The van der Waals surface area contributed by atoms with E-state index < -0.39 is 11.5 Å². The summed E-state index contributed by atoms with van der Waals surface area (Å²) in [6.45, 7) is 4.52. The molecular weight excluding hydrogens is 148 g/mol. The molecule has 0 unspecified atom stereocenters. The Balaban J connectivity index is 4.54. The summed E-state index contributed by atoms with van der Waals surface area (Å²) in [6.07, 6.45) is 0.896. The zero-order valence-corrected chi connectivity index (χ0v) is 7.67. The minimum atomic E-state index is -2.65. The summed E-state index contributed by atoms with van der Waals surface area (Å²) in [6, 6.07) is 0. The summed E-state index contributed by atoms with van der Waals surface area (Å²) < 4.78 is 26.0. The van der Waals surface area contributed by atoms with Crippen LogP contribution in [0.3, 0.4) is 0 Å². The zero-order chi connectivity index (χ0) is 9.12. The van der Waals surface area contributed by atoms with Crippen LogP contribution < -0.4 is 5.32 Å². The normalized spacial score (nSPS) is 13.6. The van der Waals surface area contributed by atoms with Gasteiger partial charge in [-0.2, -0.15) is 0 Å². The third kappa shape index (κ3) is 1.89. The summed E-state index contributed by atoms with van der Waals surface area (Å²) in [5.41, 5.74) is -1.02. The summed E-state index contributed by atoms with van der Waals surface area (Å²) in [5, 5.41) is 2.70. The lowest BCUT2D eigenvalue weighted by atomic mass is 9.87. The van der Waals surface area contributed by atoms with Gasteiger partial charge in [0.15, 0.2) is 0 Å². The largest absolute Gasteiger partial charge is 0.309 e. The molecule has 0 radical (unpaired) electrons. The molecule has 11 heavy (non-hydrogen) atoms. The highest BCUT2D eigenvalue weighted by molar-refractivity contribution is 4.94. The predicted octanol–water partition coefficient (Wildman–Crippen LogP) is 2.42. The van der Waals surface area contributed by atoms with E-state index in [1.807, 2.05) is 0 Å². The summed E-state index contributed by atoms with van der Waals surface area (Å²) in [7, 11) is 1.59. The van der Waals surface area contributed by atoms with Gasteiger partial charge in [-0.3, -0.25) is 0 Å². The Kier molecular flexibility index (Phi) is 3.42. The van der Waals surface area contributed by atoms with Gasteiger partial charge >= 0.3 is 0 Å². The van der Waals surface area contributed by atoms with Crippen molar-refractivity contribution in [2.24, 2.45) is 0 Å². The Labute approximate surface area is 67.2 Å². The van der Waals surface area contributed by atoms with Gasteiger partial charge in [0.05, 0.1) is 5.54 Å². The molecule has 0 aliphatic rings. The second-order valence-electron chi connectivity index (χ2n) is 2.93. The Morgan fingerprint density at radius 3 is 1.55 bits per heavy atom. The average Bonchev–Trinajstić information content (AvgIpc) is 1.90. The highest BCUT2D eigenvalue weighted by atomic mass is 19.3. The molecule has 0 atom stereocenters. The SMILES string of the molecule is CCC(CC)(NC)C(C)(F)F. The van der Waals surface area contributed by atoms with Crippen LogP contribution >= 0.6 is 0 Å². The van der Waals surface area contributed by atoms with Crippen LogP contribution in [0.1, 0.15) is 33.6 Å². The molecule has 1 nitrogen and oxygen atoms in total. The van der Waals surface area contributed by atoms with E-state index >= 15 is 0 Å². The minimum Gasteiger partial charge on any atom is -0.309 e. The van der Waals surface area contributed by atoms with Crippen LogP contribution in [0, 0.1) is 0 Å². The van der Waals surface area contributed by atoms with Crippen molar-refractivity contribution in [1.82, 2.24) is 5.32 Å². The number of alkyl halides is 2. The van der Waals surface area contributed by atoms with Crippen LogP contribution in [0.5, 0.6) is 0 Å². The number of hydrogen-bond donors (Lipinski definition) is 1. The third-order valence-corrected chi connectivity index (χ3v) is 2.53. The van der Waals surface area contributed by atoms with Crippen LogP contribution in [0.15, 0.2) is 0 Å². The van der Waals surface area contributed by atoms with E-state index in [9.17, 15) is 8.78 Å². The van der Waals surface area contributed by atoms with Crippen molar-refractivity contribution in [3.05, 3.63) is 0 Å². The molecule has 0 aromatic heterocycles. The van der Waals surface area contributed by atoms with E-state index in [2.05, 4.69) is 5.32 Å². The molecule has 0 bridgehead atoms. The van der Waals surface area contributed by atoms with Crippen LogP contribution in [0.25, 0.3) is 0 Å². The van der Waals surface area contributed by atoms with E-state index in [1.54, 1.807) is 20.9 Å². The molecule has 1 N–H and O–H groups in total. The van der Waals surface area contributed by atoms with Gasteiger partial charge in [0.1, 0.15) is 0 Å². The number of rotatable bonds is 4. The molecule has 0 saturated heterocycles. The van der Waals surface area contributed by atoms with Crippen molar-refractivity contribution in [2.45, 2.75) is 45.1 Å². The van der Waals surface area contributed by atoms with Crippen LogP contribution in [-0.4, -0.2) is 18.5 Å². The van der Waals surface area contributed by atoms with Crippen molar-refractivity contribution in [3.63, 3.8) is 0 Å². The predicted molar refractivity (Wildman–Crippen MR) is 43.0 cm³/mol. The maximum Gasteiger partial charge on any atom is 0.263 e. The fourth-order valence-corrected chi connectivity index (χ4v) is 1.44. The van der Waals surface area contributed by atoms with Crippen molar-refractivity contribution >= 4 is 0 Å². The first-order valence-electron chi connectivity index (χ1n) is 4.00. The van der Waals surface area contributed by atoms with Gasteiger partial charge in [-0.05, 0) is 19.9 Å². The first-order valence-corrected chi connectivity index (χ1v) is 4.00. The fourth-order valence-electron chi connectivity index (χ4n) is 1.44. The van der Waals surface area contributed by atoms with Crippen molar-refractivity contribution < 1.29 is 8.78 Å². The Hall–Kier alpha value is -0.180. The maximum absolute atomic E-state index is 13.0. The lowest BCUT2D eigenvalue weighted by Gasteiger charge is -2.36. The van der Waals surface area contributed by atoms with E-state index in [-0.39, 0.29) is 0 Å². The molecule has 0 saturated carbocycles. The second-order valence-corrected chi connectivity index (χ2v) is 2.93. The minimum absolute atomic E-state index is 0.448. The van der Waals surface area contributed by atoms with E-state index in [1.165, 1.54) is 0 Å². The topological polar surface area (TPSA) is 12.0 Å². The highest BCUT2D eigenvalue weighted by Gasteiger charge is 2.45. The Morgan fingerprint density at radius 2 is 1.55 bits per heavy atom. The van der Waals surface area contributed by atoms with Gasteiger partial charge in [-0.15, -0.1) is 0 Å². The van der Waals surface area contributed by atoms with Gasteiger partial charge in [-0.25, -0.2) is 8.78 Å². The smallest absolute Gasteiger partial charge is 0.263 e. The molecule has 0 spiro atoms. The monoisotopic (exact) mass is 165 g/mol. The van der Waals surface area contributed by atoms with Crippen LogP contribution in [0.4, 0.5) is 8.78 Å². The number of nitrogens with one attached hydrogen (secondary N) is 1. The summed E-state index contributed by atoms with van der Waals surface area (Å²) in [4.78, 5) is 0. The number of halogens is 2. The molecule has 0 rings (SSSR count). The van der Waals surface area contributed by atoms with Gasteiger partial charge in [0.2, 0.25) is 0 Å². The quantitative estimate of drug-likeness (QED) is 0.674. The van der Waals surface area contributed by atoms with Gasteiger partial charge in [-0.1, -0.05) is 13.8 Å². The fraction of sp³-hybridized carbons (Fsp3) is 1.00. The first-order chi connectivity index (χ1) is 4.93. The van der Waals surface area contributed by atoms with Crippen LogP contribution in [-0.2, 0) is 0 Å². The molecule has 0 aliphatic carbocycles. The highest BCUT2D eigenvalue weighted by Crippen LogP contribution is 2.33. The molecule has 0 amide bonds. The van der Waals surface area contributed by atoms with E-state index in [0.717, 1.165) is 6.92 Å². The molecule has 0 fully saturated rings. The molecule has 3 heteroatoms. The summed E-state index contributed by atoms with van der Waals surface area (Å²) in [5.74, 6) is -2.65. The van der Waals surface area contributed by atoms with Gasteiger partial charge in [0, 0.05) is 6.92 Å². The first kappa shape index (κ1) is 10.8. The molecule has 0 aromatic rings. The Bertz CT molecular complexity index is 105. The molecule has 0 aliphatic heterocycles. The lowest BCUT2D eigenvalue weighted by Crippen LogP contribution is -2.55.